The molecule has 4 N–H and O–H groups in total. The molecule has 47 heavy (non-hydrogen) atoms. The van der Waals surface area contributed by atoms with Crippen molar-refractivity contribution >= 4 is 69.4 Å². The standard InChI is InChI=1S/C38H29ClN4O3S/c39-28-15-9-16-29(22-28)42-38(46)35(25-11-3-1-4-12-25)47-31-18-10-17-30(23-31)41-37(45)34(43-36(44)26-13-5-2-6-14-26)21-27-24-40-33-20-8-7-19-32(27)33/h1-24,35,40H,(H,41,45)(H,42,46)(H,43,44)/b34-21-. The Hall–Kier alpha value is -5.57. The molecule has 232 valence electrons. The molecule has 0 saturated carbocycles. The molecule has 5 aromatic carbocycles. The van der Waals surface area contributed by atoms with Gasteiger partial charge in [0.2, 0.25) is 5.91 Å². The fraction of sp³-hybridized carbons (Fsp3) is 0.0263. The van der Waals surface area contributed by atoms with Gasteiger partial charge in [0.05, 0.1) is 0 Å². The van der Waals surface area contributed by atoms with Crippen LogP contribution in [0.1, 0.15) is 26.7 Å². The first kappa shape index (κ1) is 31.4. The number of amides is 3. The highest BCUT2D eigenvalue weighted by atomic mass is 35.5. The number of thioether (sulfide) groups is 1. The van der Waals surface area contributed by atoms with Crippen LogP contribution in [0.3, 0.4) is 0 Å². The number of aromatic nitrogens is 1. The van der Waals surface area contributed by atoms with E-state index in [-0.39, 0.29) is 11.6 Å². The Morgan fingerprint density at radius 2 is 1.40 bits per heavy atom. The van der Waals surface area contributed by atoms with E-state index >= 15 is 0 Å². The van der Waals surface area contributed by atoms with Crippen molar-refractivity contribution in [2.75, 3.05) is 10.6 Å². The summed E-state index contributed by atoms with van der Waals surface area (Å²) in [6.07, 6.45) is 3.45. The maximum atomic E-state index is 13.7. The van der Waals surface area contributed by atoms with Crippen LogP contribution >= 0.6 is 23.4 Å². The predicted octanol–water partition coefficient (Wildman–Crippen LogP) is 8.70. The Balaban J connectivity index is 1.25. The summed E-state index contributed by atoms with van der Waals surface area (Å²) in [5, 5.41) is 9.53. The highest BCUT2D eigenvalue weighted by molar-refractivity contribution is 8.00. The number of hydrogen-bond donors (Lipinski definition) is 4. The number of anilines is 2. The fourth-order valence-corrected chi connectivity index (χ4v) is 6.24. The van der Waals surface area contributed by atoms with Gasteiger partial charge in [-0.15, -0.1) is 11.8 Å². The van der Waals surface area contributed by atoms with Crippen molar-refractivity contribution in [2.24, 2.45) is 0 Å². The summed E-state index contributed by atoms with van der Waals surface area (Å²) in [6, 6.07) is 40.1. The zero-order valence-electron chi connectivity index (χ0n) is 24.9. The number of para-hydroxylation sites is 1. The first-order chi connectivity index (χ1) is 22.9. The summed E-state index contributed by atoms with van der Waals surface area (Å²) in [6.45, 7) is 0. The number of rotatable bonds is 10. The molecule has 0 spiro atoms. The van der Waals surface area contributed by atoms with Gasteiger partial charge in [-0.25, -0.2) is 0 Å². The average molecular weight is 657 g/mol. The quantitative estimate of drug-likeness (QED) is 0.0875. The van der Waals surface area contributed by atoms with E-state index in [1.165, 1.54) is 11.8 Å². The van der Waals surface area contributed by atoms with Gasteiger partial charge in [-0.3, -0.25) is 14.4 Å². The number of carbonyl (C=O) groups excluding carboxylic acids is 3. The minimum atomic E-state index is -0.594. The molecule has 3 amide bonds. The van der Waals surface area contributed by atoms with Crippen molar-refractivity contribution in [1.29, 1.82) is 0 Å². The number of fused-ring (bicyclic) bond motifs is 1. The molecule has 0 aliphatic heterocycles. The van der Waals surface area contributed by atoms with Crippen molar-refractivity contribution in [1.82, 2.24) is 10.3 Å². The summed E-state index contributed by atoms with van der Waals surface area (Å²) >= 11 is 7.49. The highest BCUT2D eigenvalue weighted by Crippen LogP contribution is 2.37. The van der Waals surface area contributed by atoms with Crippen LogP contribution in [0.2, 0.25) is 5.02 Å². The molecule has 1 unspecified atom stereocenters. The Morgan fingerprint density at radius 3 is 2.17 bits per heavy atom. The molecule has 0 radical (unpaired) electrons. The topological polar surface area (TPSA) is 103 Å². The minimum absolute atomic E-state index is 0.0738. The molecule has 6 aromatic rings. The van der Waals surface area contributed by atoms with Crippen molar-refractivity contribution < 1.29 is 14.4 Å². The second kappa shape index (κ2) is 14.7. The molecule has 1 aromatic heterocycles. The van der Waals surface area contributed by atoms with Gasteiger partial charge < -0.3 is 20.9 Å². The summed E-state index contributed by atoms with van der Waals surface area (Å²) in [7, 11) is 0. The number of aromatic amines is 1. The van der Waals surface area contributed by atoms with Crippen LogP contribution in [0.25, 0.3) is 17.0 Å². The lowest BCUT2D eigenvalue weighted by Gasteiger charge is -2.18. The molecule has 1 atom stereocenters. The maximum Gasteiger partial charge on any atom is 0.272 e. The molecular weight excluding hydrogens is 628 g/mol. The van der Waals surface area contributed by atoms with Crippen LogP contribution in [0.5, 0.6) is 0 Å². The second-order valence-corrected chi connectivity index (χ2v) is 12.2. The lowest BCUT2D eigenvalue weighted by atomic mass is 10.1. The van der Waals surface area contributed by atoms with E-state index < -0.39 is 17.1 Å². The molecule has 0 aliphatic rings. The molecular formula is C38H29ClN4O3S. The van der Waals surface area contributed by atoms with E-state index in [1.54, 1.807) is 79.0 Å². The Bertz CT molecular complexity index is 2080. The van der Waals surface area contributed by atoms with E-state index in [9.17, 15) is 14.4 Å². The summed E-state index contributed by atoms with van der Waals surface area (Å²) in [5.41, 5.74) is 4.07. The van der Waals surface area contributed by atoms with Crippen molar-refractivity contribution in [3.05, 3.63) is 167 Å². The SMILES string of the molecule is O=C(Nc1cccc(SC(C(=O)Nc2cccc(Cl)c2)c2ccccc2)c1)/C(=C/c1c[nH]c2ccccc12)NC(=O)c1ccccc1. The summed E-state index contributed by atoms with van der Waals surface area (Å²) in [5.74, 6) is -1.13. The minimum Gasteiger partial charge on any atom is -0.361 e. The monoisotopic (exact) mass is 656 g/mol. The van der Waals surface area contributed by atoms with Gasteiger partial charge in [0.15, 0.2) is 0 Å². The maximum absolute atomic E-state index is 13.7. The predicted molar refractivity (Wildman–Crippen MR) is 190 cm³/mol. The van der Waals surface area contributed by atoms with Gasteiger partial charge in [0.1, 0.15) is 10.9 Å². The normalized spacial score (nSPS) is 11.9. The average Bonchev–Trinajstić information content (AvgIpc) is 3.50. The lowest BCUT2D eigenvalue weighted by Crippen LogP contribution is -2.30. The van der Waals surface area contributed by atoms with E-state index in [0.717, 1.165) is 26.9 Å². The third-order valence-corrected chi connectivity index (χ3v) is 8.71. The van der Waals surface area contributed by atoms with Gasteiger partial charge in [-0.2, -0.15) is 0 Å². The van der Waals surface area contributed by atoms with Crippen molar-refractivity contribution in [2.45, 2.75) is 10.1 Å². The number of benzene rings is 5. The van der Waals surface area contributed by atoms with Crippen LogP contribution in [-0.4, -0.2) is 22.7 Å². The second-order valence-electron chi connectivity index (χ2n) is 10.6. The molecule has 0 saturated heterocycles. The summed E-state index contributed by atoms with van der Waals surface area (Å²) in [4.78, 5) is 44.4. The van der Waals surface area contributed by atoms with Gasteiger partial charge in [0, 0.05) is 49.5 Å². The largest absolute Gasteiger partial charge is 0.361 e. The number of nitrogens with one attached hydrogen (secondary N) is 4. The lowest BCUT2D eigenvalue weighted by molar-refractivity contribution is -0.116. The number of H-pyrrole nitrogens is 1. The highest BCUT2D eigenvalue weighted by Gasteiger charge is 2.23. The molecule has 6 rings (SSSR count). The van der Waals surface area contributed by atoms with Gasteiger partial charge in [-0.05, 0) is 66.2 Å². The number of hydrogen-bond acceptors (Lipinski definition) is 4. The van der Waals surface area contributed by atoms with Crippen molar-refractivity contribution in [3.63, 3.8) is 0 Å². The first-order valence-corrected chi connectivity index (χ1v) is 16.0. The number of halogens is 1. The molecule has 9 heteroatoms. The van der Waals surface area contributed by atoms with E-state index in [1.807, 2.05) is 66.7 Å². The third kappa shape index (κ3) is 7.99. The molecule has 0 aliphatic carbocycles. The van der Waals surface area contributed by atoms with Crippen LogP contribution < -0.4 is 16.0 Å². The molecule has 0 fully saturated rings. The van der Waals surface area contributed by atoms with E-state index in [2.05, 4.69) is 20.9 Å². The van der Waals surface area contributed by atoms with Crippen molar-refractivity contribution in [3.8, 4) is 0 Å². The fourth-order valence-electron chi connectivity index (χ4n) is 4.97. The van der Waals surface area contributed by atoms with Crippen LogP contribution in [-0.2, 0) is 9.59 Å². The molecule has 7 nitrogen and oxygen atoms in total. The smallest absolute Gasteiger partial charge is 0.272 e. The zero-order valence-corrected chi connectivity index (χ0v) is 26.5. The van der Waals surface area contributed by atoms with E-state index in [4.69, 9.17) is 11.6 Å². The third-order valence-electron chi connectivity index (χ3n) is 7.23. The summed E-state index contributed by atoms with van der Waals surface area (Å²) < 4.78 is 0. The molecule has 0 bridgehead atoms. The van der Waals surface area contributed by atoms with Crippen LogP contribution in [0.4, 0.5) is 11.4 Å². The first-order valence-electron chi connectivity index (χ1n) is 14.8. The van der Waals surface area contributed by atoms with Crippen LogP contribution in [0.15, 0.2) is 150 Å². The van der Waals surface area contributed by atoms with Crippen LogP contribution in [0, 0.1) is 0 Å². The zero-order chi connectivity index (χ0) is 32.6. The molecule has 1 heterocycles. The Morgan fingerprint density at radius 1 is 0.723 bits per heavy atom. The van der Waals surface area contributed by atoms with Gasteiger partial charge in [-0.1, -0.05) is 90.5 Å². The number of carbonyl (C=O) groups is 3. The van der Waals surface area contributed by atoms with Gasteiger partial charge in [0.25, 0.3) is 11.8 Å². The Kier molecular flexibility index (Phi) is 9.81. The van der Waals surface area contributed by atoms with Gasteiger partial charge >= 0.3 is 0 Å². The Labute approximate surface area is 281 Å². The van der Waals surface area contributed by atoms with E-state index in [0.29, 0.717) is 22.0 Å².